The van der Waals surface area contributed by atoms with Gasteiger partial charge in [-0.3, -0.25) is 4.79 Å². The Kier molecular flexibility index (Phi) is 6.53. The number of nitrogens with one attached hydrogen (secondary N) is 2. The van der Waals surface area contributed by atoms with Crippen LogP contribution in [0.1, 0.15) is 57.0 Å². The van der Waals surface area contributed by atoms with Gasteiger partial charge in [-0.15, -0.1) is 0 Å². The number of rotatable bonds is 7. The summed E-state index contributed by atoms with van der Waals surface area (Å²) in [5.41, 5.74) is 7.17. The molecule has 0 amide bonds. The summed E-state index contributed by atoms with van der Waals surface area (Å²) in [6, 6.07) is 25.6. The molecule has 0 spiro atoms. The van der Waals surface area contributed by atoms with Gasteiger partial charge >= 0.3 is 0 Å². The number of ether oxygens (including phenoxy) is 1. The number of hydrogen-bond acceptors (Lipinski definition) is 5. The molecule has 0 saturated carbocycles. The van der Waals surface area contributed by atoms with Crippen molar-refractivity contribution in [3.05, 3.63) is 118 Å². The fourth-order valence-electron chi connectivity index (χ4n) is 4.62. The number of nitrogens with zero attached hydrogens (tertiary/aromatic N) is 2. The van der Waals surface area contributed by atoms with E-state index in [0.29, 0.717) is 17.7 Å². The fraction of sp³-hybridized carbons (Fsp3) is 0.161. The number of nitriles is 1. The van der Waals surface area contributed by atoms with Gasteiger partial charge in [0.05, 0.1) is 17.3 Å². The zero-order valence-corrected chi connectivity index (χ0v) is 21.1. The van der Waals surface area contributed by atoms with Crippen LogP contribution in [0.15, 0.2) is 79.0 Å². The van der Waals surface area contributed by atoms with Crippen LogP contribution >= 0.6 is 0 Å². The van der Waals surface area contributed by atoms with Crippen LogP contribution in [0.25, 0.3) is 6.08 Å². The molecule has 1 atom stereocenters. The van der Waals surface area contributed by atoms with Crippen molar-refractivity contribution < 1.29 is 9.53 Å². The maximum Gasteiger partial charge on any atom is 0.200 e. The number of aromatic nitrogens is 1. The number of fused-ring (bicyclic) bond motifs is 1. The van der Waals surface area contributed by atoms with E-state index in [1.807, 2.05) is 56.3 Å². The Balaban J connectivity index is 1.49. The first-order valence-corrected chi connectivity index (χ1v) is 12.2. The van der Waals surface area contributed by atoms with E-state index in [9.17, 15) is 4.79 Å². The van der Waals surface area contributed by atoms with Crippen LogP contribution in [0.5, 0.6) is 5.75 Å². The highest BCUT2D eigenvalue weighted by Gasteiger charge is 2.29. The van der Waals surface area contributed by atoms with Crippen molar-refractivity contribution in [3.63, 3.8) is 0 Å². The van der Waals surface area contributed by atoms with Gasteiger partial charge in [0.2, 0.25) is 6.23 Å². The molecule has 6 nitrogen and oxygen atoms in total. The van der Waals surface area contributed by atoms with Crippen molar-refractivity contribution in [2.45, 2.75) is 33.5 Å². The van der Waals surface area contributed by atoms with E-state index >= 15 is 0 Å². The molecular formula is C31H28N4O2. The number of carbonyl (C=O) groups is 1. The van der Waals surface area contributed by atoms with Gasteiger partial charge in [0.1, 0.15) is 11.6 Å². The van der Waals surface area contributed by atoms with E-state index in [1.54, 1.807) is 19.1 Å². The van der Waals surface area contributed by atoms with E-state index in [0.717, 1.165) is 39.6 Å². The lowest BCUT2D eigenvalue weighted by atomic mass is 10.0. The van der Waals surface area contributed by atoms with Gasteiger partial charge in [0.25, 0.3) is 0 Å². The molecule has 0 saturated heterocycles. The Bertz CT molecular complexity index is 1490. The molecule has 0 bridgehead atoms. The highest BCUT2D eigenvalue weighted by atomic mass is 16.5. The van der Waals surface area contributed by atoms with E-state index in [-0.39, 0.29) is 12.0 Å². The molecule has 184 valence electrons. The first kappa shape index (κ1) is 24.0. The van der Waals surface area contributed by atoms with Crippen molar-refractivity contribution in [2.24, 2.45) is 0 Å². The van der Waals surface area contributed by atoms with Crippen LogP contribution in [-0.4, -0.2) is 15.7 Å². The Morgan fingerprint density at radius 2 is 1.76 bits per heavy atom. The molecule has 4 aromatic rings. The molecule has 1 aliphatic rings. The largest absolute Gasteiger partial charge is 0.466 e. The van der Waals surface area contributed by atoms with Gasteiger partial charge in [-0.25, -0.2) is 0 Å². The normalized spacial score (nSPS) is 14.1. The third kappa shape index (κ3) is 5.12. The Morgan fingerprint density at radius 3 is 2.41 bits per heavy atom. The number of ketones is 1. The van der Waals surface area contributed by atoms with E-state index in [4.69, 9.17) is 10.00 Å². The van der Waals surface area contributed by atoms with Crippen molar-refractivity contribution in [3.8, 4) is 11.8 Å². The number of Topliss-reactive ketones (excluding diaryl/α,β-unsaturated/α-hetero) is 1. The molecule has 0 fully saturated rings. The third-order valence-electron chi connectivity index (χ3n) is 6.48. The Morgan fingerprint density at radius 1 is 1.05 bits per heavy atom. The molecule has 1 aliphatic heterocycles. The van der Waals surface area contributed by atoms with E-state index in [1.165, 1.54) is 5.56 Å². The standard InChI is InChI=1S/C31H28N4O2/c1-20-15-25(22(3)36)16-21(2)30(20)37-31-27-17-29(33-26-11-9-23(18-32)10-12-26)34-28(27)13-14-35(31)19-24-7-5-4-6-8-24/h4-17,31,33-34H,19H2,1-3H3. The molecule has 0 radical (unpaired) electrons. The van der Waals surface area contributed by atoms with Gasteiger partial charge in [-0.1, -0.05) is 30.3 Å². The maximum absolute atomic E-state index is 12.0. The predicted octanol–water partition coefficient (Wildman–Crippen LogP) is 7.01. The average molecular weight is 489 g/mol. The second-order valence-corrected chi connectivity index (χ2v) is 9.31. The summed E-state index contributed by atoms with van der Waals surface area (Å²) in [4.78, 5) is 17.6. The zero-order valence-electron chi connectivity index (χ0n) is 21.1. The van der Waals surface area contributed by atoms with Crippen LogP contribution < -0.4 is 10.1 Å². The number of benzene rings is 3. The lowest BCUT2D eigenvalue weighted by Crippen LogP contribution is -2.30. The average Bonchev–Trinajstić information content (AvgIpc) is 3.30. The van der Waals surface area contributed by atoms with Crippen LogP contribution in [0.3, 0.4) is 0 Å². The smallest absolute Gasteiger partial charge is 0.200 e. The van der Waals surface area contributed by atoms with Crippen LogP contribution in [0.4, 0.5) is 11.5 Å². The van der Waals surface area contributed by atoms with Crippen molar-refractivity contribution in [1.82, 2.24) is 9.88 Å². The first-order chi connectivity index (χ1) is 17.9. The Labute approximate surface area is 216 Å². The van der Waals surface area contributed by atoms with E-state index in [2.05, 4.69) is 51.7 Å². The second-order valence-electron chi connectivity index (χ2n) is 9.31. The predicted molar refractivity (Wildman–Crippen MR) is 146 cm³/mol. The third-order valence-corrected chi connectivity index (χ3v) is 6.48. The maximum atomic E-state index is 12.0. The molecule has 2 heterocycles. The highest BCUT2D eigenvalue weighted by molar-refractivity contribution is 5.94. The SMILES string of the molecule is CC(=O)c1cc(C)c(OC2c3cc(Nc4ccc(C#N)cc4)[nH]c3C=CN2Cc2ccccc2)c(C)c1. The zero-order chi connectivity index (χ0) is 25.9. The number of aryl methyl sites for hydroxylation is 2. The molecule has 6 heteroatoms. The highest BCUT2D eigenvalue weighted by Crippen LogP contribution is 2.38. The first-order valence-electron chi connectivity index (χ1n) is 12.2. The molecule has 2 N–H and O–H groups in total. The van der Waals surface area contributed by atoms with Gasteiger partial charge in [0, 0.05) is 29.6 Å². The lowest BCUT2D eigenvalue weighted by molar-refractivity contribution is 0.0520. The molecule has 5 rings (SSSR count). The summed E-state index contributed by atoms with van der Waals surface area (Å²) in [5, 5.41) is 12.5. The summed E-state index contributed by atoms with van der Waals surface area (Å²) in [5.74, 6) is 1.64. The minimum atomic E-state index is -0.381. The van der Waals surface area contributed by atoms with Crippen molar-refractivity contribution >= 4 is 23.4 Å². The van der Waals surface area contributed by atoms with E-state index < -0.39 is 0 Å². The Hall–Kier alpha value is -4.76. The number of hydrogen-bond donors (Lipinski definition) is 2. The topological polar surface area (TPSA) is 81.1 Å². The number of anilines is 2. The second kappa shape index (κ2) is 10.1. The minimum absolute atomic E-state index is 0.0375. The summed E-state index contributed by atoms with van der Waals surface area (Å²) >= 11 is 0. The number of aromatic amines is 1. The van der Waals surface area contributed by atoms with Crippen molar-refractivity contribution in [2.75, 3.05) is 5.32 Å². The van der Waals surface area contributed by atoms with Crippen LogP contribution in [0, 0.1) is 25.2 Å². The van der Waals surface area contributed by atoms with Gasteiger partial charge in [-0.05, 0) is 86.0 Å². The lowest BCUT2D eigenvalue weighted by Gasteiger charge is -2.34. The molecular weight excluding hydrogens is 460 g/mol. The van der Waals surface area contributed by atoms with Crippen LogP contribution in [-0.2, 0) is 6.54 Å². The summed E-state index contributed by atoms with van der Waals surface area (Å²) in [6.07, 6.45) is 3.73. The fourth-order valence-corrected chi connectivity index (χ4v) is 4.62. The minimum Gasteiger partial charge on any atom is -0.466 e. The van der Waals surface area contributed by atoms with Crippen molar-refractivity contribution in [1.29, 1.82) is 5.26 Å². The number of carbonyl (C=O) groups excluding carboxylic acids is 1. The molecule has 3 aromatic carbocycles. The van der Waals surface area contributed by atoms with Gasteiger partial charge in [-0.2, -0.15) is 5.26 Å². The quantitative estimate of drug-likeness (QED) is 0.273. The number of H-pyrrole nitrogens is 1. The van der Waals surface area contributed by atoms with Crippen LogP contribution in [0.2, 0.25) is 0 Å². The van der Waals surface area contributed by atoms with Gasteiger partial charge in [0.15, 0.2) is 5.78 Å². The molecule has 1 unspecified atom stereocenters. The molecule has 0 aliphatic carbocycles. The molecule has 37 heavy (non-hydrogen) atoms. The summed E-state index contributed by atoms with van der Waals surface area (Å²) in [7, 11) is 0. The summed E-state index contributed by atoms with van der Waals surface area (Å²) in [6.45, 7) is 6.21. The molecule has 1 aromatic heterocycles. The summed E-state index contributed by atoms with van der Waals surface area (Å²) < 4.78 is 6.74. The van der Waals surface area contributed by atoms with Gasteiger partial charge < -0.3 is 19.9 Å². The monoisotopic (exact) mass is 488 g/mol.